The molecule has 2 aliphatic rings. The van der Waals surface area contributed by atoms with Crippen molar-refractivity contribution in [2.75, 3.05) is 11.0 Å². The van der Waals surface area contributed by atoms with Crippen LogP contribution in [0.1, 0.15) is 33.6 Å². The lowest BCUT2D eigenvalue weighted by Crippen LogP contribution is -2.54. The van der Waals surface area contributed by atoms with Gasteiger partial charge in [0.1, 0.15) is 6.04 Å². The minimum Gasteiger partial charge on any atom is -0.329 e. The number of nitrogens with zero attached hydrogens (tertiary/aromatic N) is 1. The van der Waals surface area contributed by atoms with Crippen LogP contribution >= 0.6 is 11.9 Å². The maximum absolute atomic E-state index is 12.6. The molecule has 1 saturated heterocycles. The first kappa shape index (κ1) is 14.6. The lowest BCUT2D eigenvalue weighted by molar-refractivity contribution is -0.136. The van der Waals surface area contributed by atoms with Crippen LogP contribution in [0.4, 0.5) is 5.69 Å². The molecule has 22 heavy (non-hydrogen) atoms. The van der Waals surface area contributed by atoms with Gasteiger partial charge >= 0.3 is 0 Å². The van der Waals surface area contributed by atoms with Crippen molar-refractivity contribution in [3.63, 3.8) is 0 Å². The van der Waals surface area contributed by atoms with E-state index >= 15 is 0 Å². The van der Waals surface area contributed by atoms with Crippen LogP contribution in [0.5, 0.6) is 0 Å². The van der Waals surface area contributed by atoms with Crippen molar-refractivity contribution in [2.45, 2.75) is 18.9 Å². The predicted octanol–water partition coefficient (Wildman–Crippen LogP) is 0.778. The number of amides is 4. The van der Waals surface area contributed by atoms with E-state index < -0.39 is 23.8 Å². The second-order valence-electron chi connectivity index (χ2n) is 4.98. The topological polar surface area (TPSA) is 95.6 Å². The van der Waals surface area contributed by atoms with Crippen molar-refractivity contribution in [2.24, 2.45) is 0 Å². The van der Waals surface area contributed by atoms with Gasteiger partial charge in [-0.15, -0.1) is 0 Å². The van der Waals surface area contributed by atoms with Crippen LogP contribution in [0.15, 0.2) is 18.2 Å². The van der Waals surface area contributed by atoms with E-state index in [0.717, 1.165) is 4.90 Å². The SMILES string of the molecule is CSNc1cccc2c1C(=O)N(C1CCC(=O)NC1=O)C2=O. The van der Waals surface area contributed by atoms with Crippen LogP contribution < -0.4 is 10.0 Å². The predicted molar refractivity (Wildman–Crippen MR) is 80.3 cm³/mol. The number of carbonyl (C=O) groups excluding carboxylic acids is 4. The number of anilines is 1. The third-order valence-corrected chi connectivity index (χ3v) is 4.10. The molecule has 0 aliphatic carbocycles. The van der Waals surface area contributed by atoms with E-state index in [-0.39, 0.29) is 29.9 Å². The summed E-state index contributed by atoms with van der Waals surface area (Å²) in [4.78, 5) is 49.2. The standard InChI is InChI=1S/C14H13N3O4S/c1-22-16-8-4-2-3-7-11(8)14(21)17(13(7)20)9-5-6-10(18)15-12(9)19/h2-4,9,16H,5-6H2,1H3,(H,15,18,19). The second kappa shape index (κ2) is 5.45. The number of nitrogens with one attached hydrogen (secondary N) is 2. The highest BCUT2D eigenvalue weighted by Crippen LogP contribution is 2.32. The van der Waals surface area contributed by atoms with Gasteiger partial charge < -0.3 is 4.72 Å². The van der Waals surface area contributed by atoms with Gasteiger partial charge in [0.15, 0.2) is 0 Å². The molecule has 7 nitrogen and oxygen atoms in total. The number of carbonyl (C=O) groups is 4. The second-order valence-corrected chi connectivity index (χ2v) is 5.59. The van der Waals surface area contributed by atoms with Crippen LogP contribution in [0.25, 0.3) is 0 Å². The number of hydrogen-bond donors (Lipinski definition) is 2. The molecule has 0 spiro atoms. The molecule has 8 heteroatoms. The number of imide groups is 2. The molecule has 0 saturated carbocycles. The molecule has 1 aromatic carbocycles. The highest BCUT2D eigenvalue weighted by molar-refractivity contribution is 7.99. The zero-order valence-corrected chi connectivity index (χ0v) is 12.5. The molecule has 1 aromatic rings. The van der Waals surface area contributed by atoms with Crippen LogP contribution in [0.2, 0.25) is 0 Å². The van der Waals surface area contributed by atoms with Gasteiger partial charge in [-0.3, -0.25) is 29.4 Å². The van der Waals surface area contributed by atoms with Gasteiger partial charge in [-0.1, -0.05) is 18.0 Å². The van der Waals surface area contributed by atoms with E-state index in [1.165, 1.54) is 11.9 Å². The zero-order chi connectivity index (χ0) is 15.9. The summed E-state index contributed by atoms with van der Waals surface area (Å²) < 4.78 is 2.96. The van der Waals surface area contributed by atoms with E-state index in [2.05, 4.69) is 10.0 Å². The first-order chi connectivity index (χ1) is 10.5. The highest BCUT2D eigenvalue weighted by atomic mass is 32.2. The van der Waals surface area contributed by atoms with Crippen molar-refractivity contribution in [3.05, 3.63) is 29.3 Å². The molecular formula is C14H13N3O4S. The molecule has 114 valence electrons. The molecular weight excluding hydrogens is 306 g/mol. The molecule has 2 N–H and O–H groups in total. The van der Waals surface area contributed by atoms with Crippen molar-refractivity contribution in [1.29, 1.82) is 0 Å². The smallest absolute Gasteiger partial charge is 0.264 e. The van der Waals surface area contributed by atoms with Gasteiger partial charge in [0.05, 0.1) is 16.8 Å². The quantitative estimate of drug-likeness (QED) is 0.631. The molecule has 1 fully saturated rings. The Labute approximate surface area is 130 Å². The number of hydrogen-bond acceptors (Lipinski definition) is 6. The zero-order valence-electron chi connectivity index (χ0n) is 11.7. The van der Waals surface area contributed by atoms with Gasteiger partial charge in [0, 0.05) is 12.7 Å². The Morgan fingerprint density at radius 1 is 1.23 bits per heavy atom. The lowest BCUT2D eigenvalue weighted by atomic mass is 10.0. The van der Waals surface area contributed by atoms with Crippen LogP contribution in [-0.2, 0) is 9.59 Å². The van der Waals surface area contributed by atoms with Crippen LogP contribution in [0.3, 0.4) is 0 Å². The third-order valence-electron chi connectivity index (χ3n) is 3.68. The summed E-state index contributed by atoms with van der Waals surface area (Å²) in [6.07, 6.45) is 2.07. The number of benzene rings is 1. The van der Waals surface area contributed by atoms with Crippen molar-refractivity contribution >= 4 is 41.3 Å². The number of piperidine rings is 1. The van der Waals surface area contributed by atoms with Gasteiger partial charge in [-0.2, -0.15) is 0 Å². The first-order valence-electron chi connectivity index (χ1n) is 6.68. The average molecular weight is 319 g/mol. The summed E-state index contributed by atoms with van der Waals surface area (Å²) in [5.74, 6) is -2.00. The summed E-state index contributed by atoms with van der Waals surface area (Å²) >= 11 is 1.31. The molecule has 1 atom stereocenters. The van der Waals surface area contributed by atoms with E-state index in [0.29, 0.717) is 5.69 Å². The first-order valence-corrected chi connectivity index (χ1v) is 7.90. The third kappa shape index (κ3) is 2.16. The summed E-state index contributed by atoms with van der Waals surface area (Å²) in [7, 11) is 0. The van der Waals surface area contributed by atoms with Crippen molar-refractivity contribution in [1.82, 2.24) is 10.2 Å². The van der Waals surface area contributed by atoms with Crippen LogP contribution in [-0.4, -0.2) is 40.8 Å². The molecule has 0 radical (unpaired) electrons. The fourth-order valence-electron chi connectivity index (χ4n) is 2.71. The van der Waals surface area contributed by atoms with E-state index in [9.17, 15) is 19.2 Å². The number of fused-ring (bicyclic) bond motifs is 1. The van der Waals surface area contributed by atoms with Gasteiger partial charge in [-0.25, -0.2) is 0 Å². The average Bonchev–Trinajstić information content (AvgIpc) is 2.73. The summed E-state index contributed by atoms with van der Waals surface area (Å²) in [5.41, 5.74) is 1.08. The Balaban J connectivity index is 1.98. The molecule has 1 unspecified atom stereocenters. The fraction of sp³-hybridized carbons (Fsp3) is 0.286. The molecule has 0 aromatic heterocycles. The minimum absolute atomic E-state index is 0.111. The van der Waals surface area contributed by atoms with E-state index in [4.69, 9.17) is 0 Å². The minimum atomic E-state index is -0.938. The van der Waals surface area contributed by atoms with Crippen molar-refractivity contribution in [3.8, 4) is 0 Å². The normalized spacial score (nSPS) is 21.0. The van der Waals surface area contributed by atoms with Crippen LogP contribution in [0, 0.1) is 0 Å². The van der Waals surface area contributed by atoms with E-state index in [1.54, 1.807) is 24.5 Å². The molecule has 3 rings (SSSR count). The lowest BCUT2D eigenvalue weighted by Gasteiger charge is -2.27. The van der Waals surface area contributed by atoms with E-state index in [1.807, 2.05) is 0 Å². The maximum atomic E-state index is 12.6. The Bertz CT molecular complexity index is 703. The fourth-order valence-corrected chi connectivity index (χ4v) is 3.10. The number of rotatable bonds is 3. The van der Waals surface area contributed by atoms with Gasteiger partial charge in [0.2, 0.25) is 11.8 Å². The summed E-state index contributed by atoms with van der Waals surface area (Å²) in [6.45, 7) is 0. The summed E-state index contributed by atoms with van der Waals surface area (Å²) in [6, 6.07) is 4.00. The Morgan fingerprint density at radius 2 is 2.00 bits per heavy atom. The van der Waals surface area contributed by atoms with Gasteiger partial charge in [0.25, 0.3) is 11.8 Å². The molecule has 0 bridgehead atoms. The Kier molecular flexibility index (Phi) is 3.61. The summed E-state index contributed by atoms with van der Waals surface area (Å²) in [5, 5.41) is 2.17. The Hall–Kier alpha value is -2.35. The molecule has 2 heterocycles. The highest BCUT2D eigenvalue weighted by Gasteiger charge is 2.45. The molecule has 4 amide bonds. The largest absolute Gasteiger partial charge is 0.329 e. The molecule has 2 aliphatic heterocycles. The Morgan fingerprint density at radius 3 is 2.68 bits per heavy atom. The van der Waals surface area contributed by atoms with Gasteiger partial charge in [-0.05, 0) is 18.6 Å². The van der Waals surface area contributed by atoms with Crippen molar-refractivity contribution < 1.29 is 19.2 Å². The maximum Gasteiger partial charge on any atom is 0.264 e. The monoisotopic (exact) mass is 319 g/mol.